The minimum atomic E-state index is -4.08. The Balaban J connectivity index is 1.47. The molecule has 2 amide bonds. The van der Waals surface area contributed by atoms with Crippen LogP contribution in [0.1, 0.15) is 44.7 Å². The van der Waals surface area contributed by atoms with Gasteiger partial charge in [-0.2, -0.15) is 8.42 Å². The predicted molar refractivity (Wildman–Crippen MR) is 213 cm³/mol. The largest absolute Gasteiger partial charge is 0.497 e. The Labute approximate surface area is 325 Å². The second-order valence-electron chi connectivity index (χ2n) is 15.0. The summed E-state index contributed by atoms with van der Waals surface area (Å²) >= 11 is 0. The zero-order chi connectivity index (χ0) is 39.8. The van der Waals surface area contributed by atoms with E-state index in [0.717, 1.165) is 22.2 Å². The Morgan fingerprint density at radius 1 is 0.927 bits per heavy atom. The van der Waals surface area contributed by atoms with Gasteiger partial charge in [-0.25, -0.2) is 4.39 Å². The molecule has 0 radical (unpaired) electrons. The lowest BCUT2D eigenvalue weighted by atomic mass is 9.98. The molecule has 4 aromatic carbocycles. The summed E-state index contributed by atoms with van der Waals surface area (Å²) in [6, 6.07) is 30.4. The number of nitrogens with zero attached hydrogens (tertiary/aromatic N) is 1. The van der Waals surface area contributed by atoms with Crippen molar-refractivity contribution in [1.29, 1.82) is 0 Å². The Morgan fingerprint density at radius 3 is 2.09 bits per heavy atom. The summed E-state index contributed by atoms with van der Waals surface area (Å²) < 4.78 is 62.0. The number of methoxy groups -OCH3 is 2. The first-order valence-corrected chi connectivity index (χ1v) is 22.0. The fraction of sp³-hybridized carbons (Fsp3) is 0.381. The van der Waals surface area contributed by atoms with Crippen LogP contribution in [0, 0.1) is 11.7 Å². The fourth-order valence-electron chi connectivity index (χ4n) is 7.38. The molecule has 1 fully saturated rings. The van der Waals surface area contributed by atoms with Gasteiger partial charge < -0.3 is 24.1 Å². The van der Waals surface area contributed by atoms with Gasteiger partial charge in [-0.05, 0) is 58.1 Å². The van der Waals surface area contributed by atoms with E-state index in [1.165, 1.54) is 24.3 Å². The van der Waals surface area contributed by atoms with Gasteiger partial charge in [0.05, 0.1) is 33.1 Å². The summed E-state index contributed by atoms with van der Waals surface area (Å²) in [4.78, 5) is 29.9. The van der Waals surface area contributed by atoms with Crippen LogP contribution in [0.3, 0.4) is 0 Å². The van der Waals surface area contributed by atoms with Crippen molar-refractivity contribution in [3.05, 3.63) is 120 Å². The second kappa shape index (κ2) is 17.9. The quantitative estimate of drug-likeness (QED) is 0.114. The number of halogens is 1. The first kappa shape index (κ1) is 41.6. The van der Waals surface area contributed by atoms with E-state index in [1.54, 1.807) is 25.2 Å². The van der Waals surface area contributed by atoms with Crippen molar-refractivity contribution in [3.63, 3.8) is 0 Å². The normalized spacial score (nSPS) is 16.1. The van der Waals surface area contributed by atoms with Crippen LogP contribution in [0.5, 0.6) is 11.5 Å². The number of hydrogen-bond donors (Lipinski definition) is 1. The SMILES string of the molecule is COc1ccc(CN2CC[C@@H](C[C@@H](CO[Si](c3ccccc3)(c3ccccc3)C(C)(C)C)NC(=O)[C@@H](Cc3ccc(F)cc3)OS(C)(=O)=O)C2=O)c(OC)c1. The van der Waals surface area contributed by atoms with Gasteiger partial charge in [-0.15, -0.1) is 0 Å². The van der Waals surface area contributed by atoms with Gasteiger partial charge in [0, 0.05) is 37.1 Å². The van der Waals surface area contributed by atoms with Crippen LogP contribution in [0.15, 0.2) is 103 Å². The number of likely N-dealkylation sites (tertiary alicyclic amines) is 1. The van der Waals surface area contributed by atoms with Crippen molar-refractivity contribution in [2.75, 3.05) is 33.6 Å². The van der Waals surface area contributed by atoms with E-state index in [4.69, 9.17) is 18.1 Å². The van der Waals surface area contributed by atoms with Gasteiger partial charge in [0.25, 0.3) is 24.3 Å². The van der Waals surface area contributed by atoms with Gasteiger partial charge >= 0.3 is 0 Å². The Morgan fingerprint density at radius 2 is 1.55 bits per heavy atom. The fourth-order valence-corrected chi connectivity index (χ4v) is 12.6. The molecule has 0 aliphatic carbocycles. The minimum absolute atomic E-state index is 0.0389. The molecule has 0 saturated carbocycles. The van der Waals surface area contributed by atoms with Gasteiger partial charge in [-0.1, -0.05) is 93.6 Å². The number of carbonyl (C=O) groups excluding carboxylic acids is 2. The Kier molecular flexibility index (Phi) is 13.6. The van der Waals surface area contributed by atoms with E-state index in [0.29, 0.717) is 36.6 Å². The lowest BCUT2D eigenvalue weighted by molar-refractivity contribution is -0.133. The molecule has 1 aliphatic heterocycles. The zero-order valence-electron chi connectivity index (χ0n) is 32.3. The molecule has 0 bridgehead atoms. The molecule has 5 rings (SSSR count). The zero-order valence-corrected chi connectivity index (χ0v) is 34.1. The molecule has 1 N–H and O–H groups in total. The Hall–Kier alpha value is -4.56. The van der Waals surface area contributed by atoms with Crippen LogP contribution in [0.4, 0.5) is 4.39 Å². The Bertz CT molecular complexity index is 1970. The third kappa shape index (κ3) is 10.4. The predicted octanol–water partition coefficient (Wildman–Crippen LogP) is 5.23. The van der Waals surface area contributed by atoms with E-state index in [2.05, 4.69) is 50.4 Å². The van der Waals surface area contributed by atoms with Crippen molar-refractivity contribution >= 4 is 40.6 Å². The maximum absolute atomic E-state index is 14.1. The molecule has 1 heterocycles. The van der Waals surface area contributed by atoms with Crippen LogP contribution in [0.2, 0.25) is 5.04 Å². The van der Waals surface area contributed by atoms with Crippen LogP contribution in [-0.2, 0) is 41.3 Å². The summed E-state index contributed by atoms with van der Waals surface area (Å²) in [5, 5.41) is 4.75. The summed E-state index contributed by atoms with van der Waals surface area (Å²) in [7, 11) is -4.01. The topological polar surface area (TPSA) is 120 Å². The smallest absolute Gasteiger partial charge is 0.265 e. The number of ether oxygens (including phenoxy) is 2. The van der Waals surface area contributed by atoms with Crippen molar-refractivity contribution in [3.8, 4) is 11.5 Å². The average molecular weight is 791 g/mol. The molecule has 1 saturated heterocycles. The highest BCUT2D eigenvalue weighted by Gasteiger charge is 2.50. The maximum Gasteiger partial charge on any atom is 0.265 e. The number of carbonyl (C=O) groups is 2. The van der Waals surface area contributed by atoms with E-state index in [1.807, 2.05) is 48.5 Å². The first-order valence-electron chi connectivity index (χ1n) is 18.3. The molecule has 0 unspecified atom stereocenters. The van der Waals surface area contributed by atoms with Gasteiger partial charge in [-0.3, -0.25) is 13.8 Å². The van der Waals surface area contributed by atoms with Crippen molar-refractivity contribution < 1.29 is 40.5 Å². The van der Waals surface area contributed by atoms with Crippen LogP contribution in [-0.4, -0.2) is 79.2 Å². The summed E-state index contributed by atoms with van der Waals surface area (Å²) in [5.74, 6) is -0.423. The van der Waals surface area contributed by atoms with Crippen molar-refractivity contribution in [2.45, 2.75) is 63.8 Å². The maximum atomic E-state index is 14.1. The van der Waals surface area contributed by atoms with Crippen molar-refractivity contribution in [2.24, 2.45) is 5.92 Å². The summed E-state index contributed by atoms with van der Waals surface area (Å²) in [6.45, 7) is 7.32. The molecule has 55 heavy (non-hydrogen) atoms. The van der Waals surface area contributed by atoms with E-state index < -0.39 is 48.2 Å². The van der Waals surface area contributed by atoms with E-state index in [9.17, 15) is 22.4 Å². The highest BCUT2D eigenvalue weighted by Crippen LogP contribution is 2.37. The molecule has 3 atom stereocenters. The minimum Gasteiger partial charge on any atom is -0.497 e. The molecule has 4 aromatic rings. The third-order valence-electron chi connectivity index (χ3n) is 10.0. The standard InChI is InChI=1S/C42H51FN2O8SSi/c1-42(2,3)55(36-13-9-7-10-14-36,37-15-11-8-12-16-37)52-29-34(44-40(46)39(53-54(6,48)49)25-30-17-20-33(43)21-18-30)26-31-23-24-45(41(31)47)28-32-19-22-35(50-4)27-38(32)51-5/h7-22,27,31,34,39H,23-26,28-29H2,1-6H3,(H,44,46)/t31-,34-,39+/m0/s1. The number of amides is 2. The lowest BCUT2D eigenvalue weighted by Crippen LogP contribution is -2.67. The van der Waals surface area contributed by atoms with E-state index in [-0.39, 0.29) is 30.4 Å². The number of nitrogens with one attached hydrogen (secondary N) is 1. The first-order chi connectivity index (χ1) is 26.1. The number of rotatable bonds is 17. The van der Waals surface area contributed by atoms with Crippen LogP contribution in [0.25, 0.3) is 0 Å². The molecule has 10 nitrogen and oxygen atoms in total. The average Bonchev–Trinajstić information content (AvgIpc) is 3.49. The molecule has 1 aliphatic rings. The summed E-state index contributed by atoms with van der Waals surface area (Å²) in [5.41, 5.74) is 1.35. The van der Waals surface area contributed by atoms with Gasteiger partial charge in [0.1, 0.15) is 17.3 Å². The van der Waals surface area contributed by atoms with Gasteiger partial charge in [0.2, 0.25) is 5.91 Å². The van der Waals surface area contributed by atoms with Crippen LogP contribution >= 0.6 is 0 Å². The third-order valence-corrected chi connectivity index (χ3v) is 15.6. The molecule has 0 aromatic heterocycles. The number of hydrogen-bond acceptors (Lipinski definition) is 8. The summed E-state index contributed by atoms with van der Waals surface area (Å²) in [6.07, 6.45) is 0.0872. The highest BCUT2D eigenvalue weighted by atomic mass is 32.2. The second-order valence-corrected chi connectivity index (χ2v) is 20.9. The van der Waals surface area contributed by atoms with Gasteiger partial charge in [0.15, 0.2) is 6.10 Å². The molecular weight excluding hydrogens is 740 g/mol. The van der Waals surface area contributed by atoms with Crippen molar-refractivity contribution in [1.82, 2.24) is 10.2 Å². The monoisotopic (exact) mass is 790 g/mol. The highest BCUT2D eigenvalue weighted by molar-refractivity contribution is 7.86. The van der Waals surface area contributed by atoms with Crippen LogP contribution < -0.4 is 25.2 Å². The molecule has 294 valence electrons. The molecular formula is C42H51FN2O8SSi. The van der Waals surface area contributed by atoms with E-state index >= 15 is 0 Å². The molecule has 0 spiro atoms. The molecule has 13 heteroatoms. The number of benzene rings is 4. The lowest BCUT2D eigenvalue weighted by Gasteiger charge is -2.44.